The molecule has 0 amide bonds. The molecule has 0 atom stereocenters. The van der Waals surface area contributed by atoms with Crippen molar-refractivity contribution in [2.45, 2.75) is 71.3 Å². The van der Waals surface area contributed by atoms with E-state index < -0.39 is 0 Å². The molecule has 0 saturated heterocycles. The lowest BCUT2D eigenvalue weighted by atomic mass is 9.80. The number of rotatable bonds is 5. The number of aryl methyl sites for hydroxylation is 1. The Kier molecular flexibility index (Phi) is 5.19. The zero-order valence-corrected chi connectivity index (χ0v) is 12.4. The minimum atomic E-state index is 0.0914. The average Bonchev–Trinajstić information content (AvgIpc) is 2.78. The number of nitrogens with zero attached hydrogens (tertiary/aromatic N) is 1. The number of hydrogen-bond acceptors (Lipinski definition) is 3. The molecule has 1 aliphatic carbocycles. The van der Waals surface area contributed by atoms with E-state index in [0.717, 1.165) is 11.6 Å². The van der Waals surface area contributed by atoms with Gasteiger partial charge in [0.25, 0.3) is 0 Å². The predicted octanol–water partition coefficient (Wildman–Crippen LogP) is 4.41. The molecule has 0 aromatic carbocycles. The van der Waals surface area contributed by atoms with E-state index in [2.05, 4.69) is 18.8 Å². The maximum atomic E-state index is 9.21. The highest BCUT2D eigenvalue weighted by Gasteiger charge is 2.24. The summed E-state index contributed by atoms with van der Waals surface area (Å²) >= 11 is 1.79. The van der Waals surface area contributed by atoms with Crippen molar-refractivity contribution in [2.24, 2.45) is 5.92 Å². The summed E-state index contributed by atoms with van der Waals surface area (Å²) < 4.78 is 0. The molecule has 0 radical (unpaired) electrons. The molecule has 0 spiro atoms. The quantitative estimate of drug-likeness (QED) is 0.857. The third-order valence-corrected chi connectivity index (χ3v) is 5.40. The number of hydrogen-bond donors (Lipinski definition) is 1. The van der Waals surface area contributed by atoms with Crippen LogP contribution in [0.25, 0.3) is 0 Å². The Labute approximate surface area is 114 Å². The molecule has 18 heavy (non-hydrogen) atoms. The molecule has 3 heteroatoms. The summed E-state index contributed by atoms with van der Waals surface area (Å²) in [5.41, 5.74) is 0.892. The van der Waals surface area contributed by atoms with Gasteiger partial charge in [0.1, 0.15) is 0 Å². The van der Waals surface area contributed by atoms with Crippen LogP contribution in [0, 0.1) is 12.8 Å². The molecule has 2 rings (SSSR count). The maximum Gasteiger partial charge on any atom is 0.0962 e. The van der Waals surface area contributed by atoms with Crippen molar-refractivity contribution >= 4 is 11.3 Å². The van der Waals surface area contributed by atoms with Crippen molar-refractivity contribution < 1.29 is 5.11 Å². The standard InChI is InChI=1S/C15H25NOS/c1-3-4-5-12-6-8-13(9-7-12)15-16-14(10-17)11(2)18-15/h12-13,17H,3-10H2,1-2H3. The molecule has 1 aromatic heterocycles. The topological polar surface area (TPSA) is 33.1 Å². The van der Waals surface area contributed by atoms with Crippen LogP contribution in [-0.4, -0.2) is 10.1 Å². The molecule has 102 valence electrons. The van der Waals surface area contributed by atoms with Crippen LogP contribution in [0.15, 0.2) is 0 Å². The first-order chi connectivity index (χ1) is 8.74. The molecule has 0 bridgehead atoms. The van der Waals surface area contributed by atoms with Crippen LogP contribution in [0.1, 0.15) is 73.4 Å². The predicted molar refractivity (Wildman–Crippen MR) is 77.0 cm³/mol. The monoisotopic (exact) mass is 267 g/mol. The van der Waals surface area contributed by atoms with Gasteiger partial charge in [-0.05, 0) is 38.5 Å². The van der Waals surface area contributed by atoms with Gasteiger partial charge in [0.05, 0.1) is 17.3 Å². The van der Waals surface area contributed by atoms with Crippen LogP contribution in [0.2, 0.25) is 0 Å². The second kappa shape index (κ2) is 6.67. The summed E-state index contributed by atoms with van der Waals surface area (Å²) in [7, 11) is 0. The molecular formula is C15H25NOS. The van der Waals surface area contributed by atoms with Gasteiger partial charge in [-0.25, -0.2) is 4.98 Å². The van der Waals surface area contributed by atoms with Gasteiger partial charge in [-0.3, -0.25) is 0 Å². The van der Waals surface area contributed by atoms with E-state index in [9.17, 15) is 5.11 Å². The normalized spacial score (nSPS) is 24.4. The second-order valence-electron chi connectivity index (χ2n) is 5.57. The van der Waals surface area contributed by atoms with Crippen LogP contribution < -0.4 is 0 Å². The first kappa shape index (κ1) is 14.0. The highest BCUT2D eigenvalue weighted by Crippen LogP contribution is 2.39. The lowest BCUT2D eigenvalue weighted by molar-refractivity contribution is 0.275. The van der Waals surface area contributed by atoms with Gasteiger partial charge in [-0.1, -0.05) is 26.2 Å². The fourth-order valence-electron chi connectivity index (χ4n) is 2.96. The molecule has 1 fully saturated rings. The van der Waals surface area contributed by atoms with E-state index >= 15 is 0 Å². The van der Waals surface area contributed by atoms with E-state index in [1.165, 1.54) is 54.8 Å². The van der Waals surface area contributed by atoms with E-state index in [-0.39, 0.29) is 6.61 Å². The lowest BCUT2D eigenvalue weighted by Gasteiger charge is -2.27. The van der Waals surface area contributed by atoms with Crippen molar-refractivity contribution in [1.29, 1.82) is 0 Å². The average molecular weight is 267 g/mol. The van der Waals surface area contributed by atoms with Crippen LogP contribution in [-0.2, 0) is 6.61 Å². The van der Waals surface area contributed by atoms with E-state index in [4.69, 9.17) is 0 Å². The lowest BCUT2D eigenvalue weighted by Crippen LogP contribution is -2.13. The molecule has 1 aliphatic rings. The second-order valence-corrected chi connectivity index (χ2v) is 6.81. The molecule has 1 saturated carbocycles. The molecule has 1 aromatic rings. The van der Waals surface area contributed by atoms with Gasteiger partial charge in [0.2, 0.25) is 0 Å². The highest BCUT2D eigenvalue weighted by molar-refractivity contribution is 7.11. The van der Waals surface area contributed by atoms with E-state index in [1.807, 2.05) is 0 Å². The van der Waals surface area contributed by atoms with Crippen LogP contribution in [0.5, 0.6) is 0 Å². The van der Waals surface area contributed by atoms with Crippen LogP contribution in [0.3, 0.4) is 0 Å². The zero-order valence-electron chi connectivity index (χ0n) is 11.6. The Balaban J connectivity index is 1.88. The number of aromatic nitrogens is 1. The van der Waals surface area contributed by atoms with E-state index in [1.54, 1.807) is 11.3 Å². The Bertz CT molecular complexity index is 367. The highest BCUT2D eigenvalue weighted by atomic mass is 32.1. The van der Waals surface area contributed by atoms with Crippen molar-refractivity contribution in [3.05, 3.63) is 15.6 Å². The minimum absolute atomic E-state index is 0.0914. The number of aliphatic hydroxyl groups is 1. The molecule has 0 unspecified atom stereocenters. The van der Waals surface area contributed by atoms with Crippen molar-refractivity contribution in [3.63, 3.8) is 0 Å². The Morgan fingerprint density at radius 1 is 1.28 bits per heavy atom. The van der Waals surface area contributed by atoms with Gasteiger partial charge in [0.15, 0.2) is 0 Å². The molecular weight excluding hydrogens is 242 g/mol. The molecule has 0 aliphatic heterocycles. The smallest absolute Gasteiger partial charge is 0.0962 e. The number of unbranched alkanes of at least 4 members (excludes halogenated alkanes) is 1. The zero-order chi connectivity index (χ0) is 13.0. The van der Waals surface area contributed by atoms with Crippen LogP contribution >= 0.6 is 11.3 Å². The Hall–Kier alpha value is -0.410. The first-order valence-electron chi connectivity index (χ1n) is 7.31. The largest absolute Gasteiger partial charge is 0.390 e. The van der Waals surface area contributed by atoms with E-state index in [0.29, 0.717) is 5.92 Å². The van der Waals surface area contributed by atoms with Gasteiger partial charge in [-0.15, -0.1) is 11.3 Å². The van der Waals surface area contributed by atoms with Gasteiger partial charge in [0, 0.05) is 10.8 Å². The van der Waals surface area contributed by atoms with Crippen molar-refractivity contribution in [1.82, 2.24) is 4.98 Å². The number of aliphatic hydroxyl groups excluding tert-OH is 1. The molecule has 1 N–H and O–H groups in total. The number of thiazole rings is 1. The summed E-state index contributed by atoms with van der Waals surface area (Å²) in [5.74, 6) is 1.62. The van der Waals surface area contributed by atoms with Crippen LogP contribution in [0.4, 0.5) is 0 Å². The summed E-state index contributed by atoms with van der Waals surface area (Å²) in [5, 5.41) is 10.5. The third-order valence-electron chi connectivity index (χ3n) is 4.22. The van der Waals surface area contributed by atoms with Crippen molar-refractivity contribution in [3.8, 4) is 0 Å². The Morgan fingerprint density at radius 2 is 2.00 bits per heavy atom. The fourth-order valence-corrected chi connectivity index (χ4v) is 4.06. The van der Waals surface area contributed by atoms with Crippen molar-refractivity contribution in [2.75, 3.05) is 0 Å². The maximum absolute atomic E-state index is 9.21. The minimum Gasteiger partial charge on any atom is -0.390 e. The molecule has 2 nitrogen and oxygen atoms in total. The Morgan fingerprint density at radius 3 is 2.56 bits per heavy atom. The third kappa shape index (κ3) is 3.33. The SMILES string of the molecule is CCCCC1CCC(c2nc(CO)c(C)s2)CC1. The van der Waals surface area contributed by atoms with Gasteiger partial charge >= 0.3 is 0 Å². The molecule has 1 heterocycles. The summed E-state index contributed by atoms with van der Waals surface area (Å²) in [6.07, 6.45) is 9.47. The van der Waals surface area contributed by atoms with Gasteiger partial charge in [-0.2, -0.15) is 0 Å². The van der Waals surface area contributed by atoms with Gasteiger partial charge < -0.3 is 5.11 Å². The summed E-state index contributed by atoms with van der Waals surface area (Å²) in [4.78, 5) is 5.80. The summed E-state index contributed by atoms with van der Waals surface area (Å²) in [6.45, 7) is 4.44. The fraction of sp³-hybridized carbons (Fsp3) is 0.800. The first-order valence-corrected chi connectivity index (χ1v) is 8.13. The summed E-state index contributed by atoms with van der Waals surface area (Å²) in [6, 6.07) is 0.